The van der Waals surface area contributed by atoms with Gasteiger partial charge in [0, 0.05) is 27.7 Å². The van der Waals surface area contributed by atoms with E-state index >= 15 is 0 Å². The summed E-state index contributed by atoms with van der Waals surface area (Å²) in [5.74, 6) is 0.657. The van der Waals surface area contributed by atoms with Gasteiger partial charge in [-0.1, -0.05) is 35.3 Å². The van der Waals surface area contributed by atoms with Gasteiger partial charge in [-0.3, -0.25) is 9.98 Å². The molecule has 1 aliphatic rings. The molecule has 0 unspecified atom stereocenters. The number of rotatable bonds is 1. The van der Waals surface area contributed by atoms with Crippen LogP contribution in [0.25, 0.3) is 10.9 Å². The smallest absolute Gasteiger partial charge is 0.148 e. The van der Waals surface area contributed by atoms with E-state index in [9.17, 15) is 0 Å². The number of para-hydroxylation sites is 1. The Morgan fingerprint density at radius 1 is 1.04 bits per heavy atom. The number of hydrogen-bond acceptors (Lipinski definition) is 3. The van der Waals surface area contributed by atoms with E-state index in [1.165, 1.54) is 0 Å². The van der Waals surface area contributed by atoms with Gasteiger partial charge < -0.3 is 4.74 Å². The molecule has 1 aliphatic heterocycles. The largest absolute Gasteiger partial charge is 0.484 e. The molecule has 0 aliphatic carbocycles. The van der Waals surface area contributed by atoms with Crippen molar-refractivity contribution in [1.82, 2.24) is 4.98 Å². The lowest BCUT2D eigenvalue weighted by Crippen LogP contribution is -2.31. The van der Waals surface area contributed by atoms with E-state index in [-0.39, 0.29) is 0 Å². The highest BCUT2D eigenvalue weighted by Gasteiger charge is 2.28. The summed E-state index contributed by atoms with van der Waals surface area (Å²) in [6, 6.07) is 13.4. The zero-order valence-corrected chi connectivity index (χ0v) is 15.4. The van der Waals surface area contributed by atoms with E-state index in [1.807, 2.05) is 62.5 Å². The number of fused-ring (bicyclic) bond motifs is 2. The van der Waals surface area contributed by atoms with Gasteiger partial charge in [0.25, 0.3) is 0 Å². The highest BCUT2D eigenvalue weighted by molar-refractivity contribution is 6.35. The average Bonchev–Trinajstić information content (AvgIpc) is 2.72. The third kappa shape index (κ3) is 2.99. The molecular formula is C20H16Cl2N2O. The molecule has 0 fully saturated rings. The second-order valence-corrected chi connectivity index (χ2v) is 7.49. The number of nitrogens with zero attached hydrogens (tertiary/aromatic N) is 2. The highest BCUT2D eigenvalue weighted by atomic mass is 35.5. The normalized spacial score (nSPS) is 15.9. The zero-order chi connectivity index (χ0) is 17.6. The van der Waals surface area contributed by atoms with Gasteiger partial charge in [-0.15, -0.1) is 0 Å². The molecule has 0 saturated heterocycles. The number of halogens is 2. The molecular weight excluding hydrogens is 355 g/mol. The van der Waals surface area contributed by atoms with Gasteiger partial charge in [0.1, 0.15) is 11.4 Å². The number of benzene rings is 2. The summed E-state index contributed by atoms with van der Waals surface area (Å²) in [6.07, 6.45) is 1.82. The first-order chi connectivity index (χ1) is 11.9. The van der Waals surface area contributed by atoms with Crippen LogP contribution in [0.15, 0.2) is 53.7 Å². The van der Waals surface area contributed by atoms with E-state index in [2.05, 4.69) is 4.98 Å². The zero-order valence-electron chi connectivity index (χ0n) is 13.9. The van der Waals surface area contributed by atoms with Crippen molar-refractivity contribution in [2.24, 2.45) is 4.99 Å². The quantitative estimate of drug-likeness (QED) is 0.562. The topological polar surface area (TPSA) is 34.5 Å². The fraction of sp³-hybridized carbons (Fsp3) is 0.200. The fourth-order valence-corrected chi connectivity index (χ4v) is 3.39. The molecule has 0 radical (unpaired) electrons. The van der Waals surface area contributed by atoms with Crippen molar-refractivity contribution in [2.45, 2.75) is 19.4 Å². The lowest BCUT2D eigenvalue weighted by molar-refractivity contribution is 0.121. The van der Waals surface area contributed by atoms with Crippen LogP contribution in [-0.2, 0) is 0 Å². The van der Waals surface area contributed by atoms with E-state index in [4.69, 9.17) is 32.9 Å². The summed E-state index contributed by atoms with van der Waals surface area (Å²) in [5, 5.41) is 2.15. The Kier molecular flexibility index (Phi) is 3.94. The molecule has 126 valence electrons. The molecule has 3 nitrogen and oxygen atoms in total. The lowest BCUT2D eigenvalue weighted by atomic mass is 10.0. The van der Waals surface area contributed by atoms with Crippen LogP contribution >= 0.6 is 23.2 Å². The Hall–Kier alpha value is -2.10. The van der Waals surface area contributed by atoms with Gasteiger partial charge in [0.15, 0.2) is 0 Å². The van der Waals surface area contributed by atoms with Crippen LogP contribution in [0, 0.1) is 0 Å². The average molecular weight is 371 g/mol. The first-order valence-corrected chi connectivity index (χ1v) is 8.77. The molecule has 2 heterocycles. The van der Waals surface area contributed by atoms with Gasteiger partial charge >= 0.3 is 0 Å². The van der Waals surface area contributed by atoms with Crippen molar-refractivity contribution in [3.63, 3.8) is 0 Å². The van der Waals surface area contributed by atoms with Crippen molar-refractivity contribution in [3.05, 3.63) is 69.8 Å². The molecule has 5 heteroatoms. The van der Waals surface area contributed by atoms with Crippen molar-refractivity contribution < 1.29 is 4.74 Å². The van der Waals surface area contributed by atoms with Crippen LogP contribution in [0.4, 0.5) is 0 Å². The van der Waals surface area contributed by atoms with Crippen molar-refractivity contribution >= 4 is 39.8 Å². The van der Waals surface area contributed by atoms with Crippen molar-refractivity contribution in [1.29, 1.82) is 0 Å². The van der Waals surface area contributed by atoms with Crippen molar-refractivity contribution in [3.8, 4) is 5.75 Å². The number of ether oxygens (including phenoxy) is 1. The summed E-state index contributed by atoms with van der Waals surface area (Å²) in [4.78, 5) is 9.36. The number of aromatic nitrogens is 1. The maximum atomic E-state index is 6.40. The van der Waals surface area contributed by atoms with E-state index in [0.29, 0.717) is 22.3 Å². The summed E-state index contributed by atoms with van der Waals surface area (Å²) in [5.41, 5.74) is 2.99. The lowest BCUT2D eigenvalue weighted by Gasteiger charge is -2.24. The summed E-state index contributed by atoms with van der Waals surface area (Å²) in [7, 11) is 0. The SMILES string of the molecule is CC1(C)CN=C(c2cnc3cccc(Cl)c3c2)c2cccc(Cl)c2O1. The maximum Gasteiger partial charge on any atom is 0.148 e. The third-order valence-corrected chi connectivity index (χ3v) is 4.79. The molecule has 25 heavy (non-hydrogen) atoms. The number of pyridine rings is 1. The Morgan fingerprint density at radius 3 is 2.64 bits per heavy atom. The molecule has 0 N–H and O–H groups in total. The van der Waals surface area contributed by atoms with Gasteiger partial charge in [-0.2, -0.15) is 0 Å². The maximum absolute atomic E-state index is 6.40. The molecule has 0 saturated carbocycles. The van der Waals surface area contributed by atoms with E-state index in [0.717, 1.165) is 27.7 Å². The Morgan fingerprint density at radius 2 is 1.80 bits per heavy atom. The minimum Gasteiger partial charge on any atom is -0.484 e. The summed E-state index contributed by atoms with van der Waals surface area (Å²) < 4.78 is 6.15. The number of aliphatic imine (C=N–C) groups is 1. The predicted octanol–water partition coefficient (Wildman–Crippen LogP) is 5.55. The summed E-state index contributed by atoms with van der Waals surface area (Å²) >= 11 is 12.7. The summed E-state index contributed by atoms with van der Waals surface area (Å²) in [6.45, 7) is 4.53. The van der Waals surface area contributed by atoms with E-state index < -0.39 is 5.60 Å². The van der Waals surface area contributed by atoms with Crippen molar-refractivity contribution in [2.75, 3.05) is 6.54 Å². The van der Waals surface area contributed by atoms with E-state index in [1.54, 1.807) is 0 Å². The molecule has 0 amide bonds. The van der Waals surface area contributed by atoms with Crippen LogP contribution in [0.5, 0.6) is 5.75 Å². The van der Waals surface area contributed by atoms with Crippen LogP contribution in [0.1, 0.15) is 25.0 Å². The molecule has 0 bridgehead atoms. The minimum absolute atomic E-state index is 0.441. The van der Waals surface area contributed by atoms with Crippen LogP contribution in [-0.4, -0.2) is 22.8 Å². The van der Waals surface area contributed by atoms with Gasteiger partial charge in [0.05, 0.1) is 22.8 Å². The third-order valence-electron chi connectivity index (χ3n) is 4.16. The van der Waals surface area contributed by atoms with Gasteiger partial charge in [-0.25, -0.2) is 0 Å². The highest BCUT2D eigenvalue weighted by Crippen LogP contribution is 2.36. The minimum atomic E-state index is -0.441. The second kappa shape index (κ2) is 6.01. The standard InChI is InChI=1S/C20H16Cl2N2O/c1-20(2)11-24-18(13-5-3-7-16(22)19(13)25-20)12-9-14-15(21)6-4-8-17(14)23-10-12/h3-10H,11H2,1-2H3. The Labute approximate surface area is 156 Å². The van der Waals surface area contributed by atoms with Crippen LogP contribution in [0.2, 0.25) is 10.0 Å². The van der Waals surface area contributed by atoms with Gasteiger partial charge in [0.2, 0.25) is 0 Å². The molecule has 1 aromatic heterocycles. The van der Waals surface area contributed by atoms with Gasteiger partial charge in [-0.05, 0) is 44.2 Å². The Bertz CT molecular complexity index is 1010. The molecule has 2 aromatic carbocycles. The Balaban J connectivity index is 1.95. The molecule has 0 spiro atoms. The van der Waals surface area contributed by atoms with Crippen LogP contribution in [0.3, 0.4) is 0 Å². The molecule has 4 rings (SSSR count). The molecule has 0 atom stereocenters. The predicted molar refractivity (Wildman–Crippen MR) is 103 cm³/mol. The van der Waals surface area contributed by atoms with Crippen LogP contribution < -0.4 is 4.74 Å². The number of hydrogen-bond donors (Lipinski definition) is 0. The fourth-order valence-electron chi connectivity index (χ4n) is 2.95. The monoisotopic (exact) mass is 370 g/mol. The first kappa shape index (κ1) is 16.4. The first-order valence-electron chi connectivity index (χ1n) is 8.02. The second-order valence-electron chi connectivity index (χ2n) is 6.67. The molecule has 3 aromatic rings.